The van der Waals surface area contributed by atoms with Gasteiger partial charge < -0.3 is 10.1 Å². The van der Waals surface area contributed by atoms with Crippen LogP contribution in [0.5, 0.6) is 0 Å². The summed E-state index contributed by atoms with van der Waals surface area (Å²) in [6.07, 6.45) is -3.73. The lowest BCUT2D eigenvalue weighted by Crippen LogP contribution is -2.29. The molecule has 0 fully saturated rings. The second-order valence-corrected chi connectivity index (χ2v) is 12.4. The highest BCUT2D eigenvalue weighted by atomic mass is 32.2. The normalized spacial score (nSPS) is 12.0. The van der Waals surface area contributed by atoms with Crippen molar-refractivity contribution in [2.24, 2.45) is 0 Å². The predicted octanol–water partition coefficient (Wildman–Crippen LogP) is 7.88. The van der Waals surface area contributed by atoms with Crippen LogP contribution in [0.2, 0.25) is 0 Å². The van der Waals surface area contributed by atoms with Crippen LogP contribution in [0.4, 0.5) is 32.4 Å². The molecule has 244 valence electrons. The summed E-state index contributed by atoms with van der Waals surface area (Å²) >= 11 is 0. The standard InChI is InChI=1S/C34H28F5N3O4S/c1-3-46-33(45)47-30(22-12-14-23(15-13-22)40-32(44)34(37,38)39)25(19-41(2)18-21-8-5-4-6-9-21)29-28(43)16-17-42(31(29)47)20-24-26(35)10-7-11-27(24)36/h4-17H,3,18-20H2,1-2H3/p+1. The fraction of sp³-hybridized carbons (Fsp3) is 0.206. The van der Waals surface area contributed by atoms with Gasteiger partial charge in [0, 0.05) is 47.7 Å². The van der Waals surface area contributed by atoms with E-state index in [0.29, 0.717) is 22.5 Å². The highest BCUT2D eigenvalue weighted by Gasteiger charge is 2.40. The number of hydrogen-bond acceptors (Lipinski definition) is 5. The number of nitrogens with one attached hydrogen (secondary N) is 1. The molecule has 7 nitrogen and oxygen atoms in total. The maximum atomic E-state index is 14.8. The second kappa shape index (κ2) is 13.9. The number of benzene rings is 3. The van der Waals surface area contributed by atoms with Crippen LogP contribution in [-0.2, 0) is 29.2 Å². The van der Waals surface area contributed by atoms with Crippen molar-refractivity contribution in [2.75, 3.05) is 19.0 Å². The first-order valence-corrected chi connectivity index (χ1v) is 15.6. The van der Waals surface area contributed by atoms with Crippen molar-refractivity contribution in [3.05, 3.63) is 124 Å². The number of nitrogens with zero attached hydrogens (tertiary/aromatic N) is 2. The number of rotatable bonds is 10. The third kappa shape index (κ3) is 7.26. The molecule has 2 heterocycles. The Balaban J connectivity index is 1.75. The summed E-state index contributed by atoms with van der Waals surface area (Å²) in [5.41, 5.74) is 0.973. The molecule has 5 rings (SSSR count). The summed E-state index contributed by atoms with van der Waals surface area (Å²) in [7, 11) is 0.197. The molecule has 1 unspecified atom stereocenters. The van der Waals surface area contributed by atoms with Crippen molar-refractivity contribution in [1.29, 1.82) is 0 Å². The number of alkyl halides is 3. The SMILES string of the molecule is CCOC(=O)[s+]1c(-c2ccc(NC(=O)C(F)(F)F)cc2)c(CN(C)Cc2ccccc2)c2c(=O)ccn(Cc3c(F)cccc3F)c21. The highest BCUT2D eigenvalue weighted by Crippen LogP contribution is 2.48. The van der Waals surface area contributed by atoms with E-state index in [1.54, 1.807) is 12.2 Å². The minimum Gasteiger partial charge on any atom is -0.422 e. The molecule has 47 heavy (non-hydrogen) atoms. The quantitative estimate of drug-likeness (QED) is 0.0929. The van der Waals surface area contributed by atoms with E-state index in [9.17, 15) is 36.3 Å². The van der Waals surface area contributed by atoms with Gasteiger partial charge in [0.15, 0.2) is 5.43 Å². The summed E-state index contributed by atoms with van der Waals surface area (Å²) in [5.74, 6) is -3.76. The van der Waals surface area contributed by atoms with E-state index >= 15 is 0 Å². The van der Waals surface area contributed by atoms with Gasteiger partial charge in [-0.3, -0.25) is 19.1 Å². The van der Waals surface area contributed by atoms with Gasteiger partial charge in [-0.1, -0.05) is 36.4 Å². The Morgan fingerprint density at radius 2 is 1.55 bits per heavy atom. The number of hydrogen-bond donors (Lipinski definition) is 1. The molecule has 2 aromatic heterocycles. The van der Waals surface area contributed by atoms with Gasteiger partial charge in [-0.25, -0.2) is 8.78 Å². The molecule has 13 heteroatoms. The van der Waals surface area contributed by atoms with E-state index in [0.717, 1.165) is 17.7 Å². The van der Waals surface area contributed by atoms with E-state index in [1.165, 1.54) is 47.2 Å². The monoisotopic (exact) mass is 670 g/mol. The number of amides is 1. The van der Waals surface area contributed by atoms with E-state index in [1.807, 2.05) is 42.3 Å². The zero-order valence-corrected chi connectivity index (χ0v) is 26.1. The van der Waals surface area contributed by atoms with E-state index in [2.05, 4.69) is 0 Å². The number of halogens is 5. The van der Waals surface area contributed by atoms with Crippen molar-refractivity contribution < 1.29 is 36.3 Å². The van der Waals surface area contributed by atoms with Crippen LogP contribution in [0.3, 0.4) is 0 Å². The molecule has 1 N–H and O–H groups in total. The largest absolute Gasteiger partial charge is 0.557 e. The number of thiophene rings is 1. The van der Waals surface area contributed by atoms with Gasteiger partial charge in [0.25, 0.3) is 4.83 Å². The number of fused-ring (bicyclic) bond motifs is 1. The van der Waals surface area contributed by atoms with Crippen LogP contribution >= 0.6 is 10.5 Å². The van der Waals surface area contributed by atoms with Crippen LogP contribution in [0.25, 0.3) is 20.7 Å². The topological polar surface area (TPSA) is 80.6 Å². The molecule has 1 amide bonds. The Hall–Kier alpha value is -4.88. The fourth-order valence-electron chi connectivity index (χ4n) is 5.28. The Labute approximate surface area is 268 Å². The molecule has 3 aromatic carbocycles. The van der Waals surface area contributed by atoms with Gasteiger partial charge in [-0.2, -0.15) is 18.0 Å². The lowest BCUT2D eigenvalue weighted by atomic mass is 10.0. The molecule has 0 bridgehead atoms. The van der Waals surface area contributed by atoms with E-state index in [-0.39, 0.29) is 41.2 Å². The Morgan fingerprint density at radius 1 is 0.894 bits per heavy atom. The third-order valence-corrected chi connectivity index (χ3v) is 9.47. The Morgan fingerprint density at radius 3 is 2.17 bits per heavy atom. The van der Waals surface area contributed by atoms with Crippen LogP contribution in [-0.4, -0.2) is 40.5 Å². The molecule has 0 aliphatic heterocycles. The Kier molecular flexibility index (Phi) is 9.87. The van der Waals surface area contributed by atoms with Gasteiger partial charge in [-0.15, -0.1) is 0 Å². The molecular weight excluding hydrogens is 641 g/mol. The van der Waals surface area contributed by atoms with E-state index < -0.39 is 44.9 Å². The fourth-order valence-corrected chi connectivity index (χ4v) is 7.60. The van der Waals surface area contributed by atoms with Crippen molar-refractivity contribution in [3.63, 3.8) is 0 Å². The number of anilines is 1. The number of carbonyl (C=O) groups is 2. The zero-order valence-electron chi connectivity index (χ0n) is 25.2. The summed E-state index contributed by atoms with van der Waals surface area (Å²) < 4.78 is 75.2. The van der Waals surface area contributed by atoms with Crippen molar-refractivity contribution in [3.8, 4) is 10.4 Å². The zero-order chi connectivity index (χ0) is 33.9. The lowest BCUT2D eigenvalue weighted by molar-refractivity contribution is -0.167. The molecule has 0 aliphatic carbocycles. The molecule has 0 spiro atoms. The van der Waals surface area contributed by atoms with Crippen LogP contribution in [0, 0.1) is 11.6 Å². The van der Waals surface area contributed by atoms with Crippen LogP contribution in [0.1, 0.15) is 23.6 Å². The smallest absolute Gasteiger partial charge is 0.422 e. The van der Waals surface area contributed by atoms with Crippen molar-refractivity contribution in [2.45, 2.75) is 32.7 Å². The molecule has 1 atom stereocenters. The number of carbonyl (C=O) groups excluding carboxylic acids is 2. The first-order valence-electron chi connectivity index (χ1n) is 14.4. The number of ether oxygens (including phenoxy) is 1. The van der Waals surface area contributed by atoms with Gasteiger partial charge in [0.05, 0.1) is 13.2 Å². The van der Waals surface area contributed by atoms with Crippen molar-refractivity contribution >= 4 is 37.6 Å². The van der Waals surface area contributed by atoms with Gasteiger partial charge in [0.1, 0.15) is 27.5 Å². The lowest BCUT2D eigenvalue weighted by Gasteiger charge is -2.16. The molecular formula is C34H29F5N3O4S+. The minimum atomic E-state index is -5.10. The highest BCUT2D eigenvalue weighted by molar-refractivity contribution is 7.57. The Bertz CT molecular complexity index is 1970. The molecule has 5 aromatic rings. The van der Waals surface area contributed by atoms with Crippen LogP contribution in [0.15, 0.2) is 89.9 Å². The van der Waals surface area contributed by atoms with Crippen LogP contribution < -0.4 is 10.7 Å². The minimum absolute atomic E-state index is 0.00436. The summed E-state index contributed by atoms with van der Waals surface area (Å²) in [6, 6.07) is 19.6. The molecule has 0 aliphatic rings. The third-order valence-electron chi connectivity index (χ3n) is 7.31. The van der Waals surface area contributed by atoms with Crippen molar-refractivity contribution in [1.82, 2.24) is 9.47 Å². The average Bonchev–Trinajstić information content (AvgIpc) is 3.36. The molecule has 0 radical (unpaired) electrons. The summed E-state index contributed by atoms with van der Waals surface area (Å²) in [6.45, 7) is 1.88. The van der Waals surface area contributed by atoms with Gasteiger partial charge in [0.2, 0.25) is 4.88 Å². The maximum Gasteiger partial charge on any atom is 0.557 e. The summed E-state index contributed by atoms with van der Waals surface area (Å²) in [4.78, 5) is 41.5. The van der Waals surface area contributed by atoms with Gasteiger partial charge >= 0.3 is 17.4 Å². The average molecular weight is 671 g/mol. The molecule has 0 saturated heterocycles. The van der Waals surface area contributed by atoms with Gasteiger partial charge in [-0.05, 0) is 55.9 Å². The number of aromatic nitrogens is 1. The first-order chi connectivity index (χ1) is 22.4. The van der Waals surface area contributed by atoms with E-state index in [4.69, 9.17) is 4.74 Å². The number of pyridine rings is 1. The molecule has 0 saturated carbocycles. The first kappa shape index (κ1) is 33.5. The predicted molar refractivity (Wildman–Crippen MR) is 170 cm³/mol. The summed E-state index contributed by atoms with van der Waals surface area (Å²) in [5, 5.41) is 1.26. The second-order valence-electron chi connectivity index (χ2n) is 10.7. The maximum absolute atomic E-state index is 14.8.